The molecule has 0 aliphatic rings. The molecular formula is C20H15F2N3O2. The second-order valence-electron chi connectivity index (χ2n) is 5.77. The fraction of sp³-hybridized carbons (Fsp3) is 0.0500. The van der Waals surface area contributed by atoms with Gasteiger partial charge in [0.1, 0.15) is 17.3 Å². The van der Waals surface area contributed by atoms with Crippen molar-refractivity contribution >= 4 is 28.8 Å². The van der Waals surface area contributed by atoms with Crippen molar-refractivity contribution < 1.29 is 18.4 Å². The Labute approximate surface area is 154 Å². The van der Waals surface area contributed by atoms with Crippen LogP contribution in [0, 0.1) is 11.6 Å². The number of rotatable bonds is 5. The van der Waals surface area contributed by atoms with Crippen molar-refractivity contribution in [2.45, 2.75) is 6.92 Å². The van der Waals surface area contributed by atoms with Gasteiger partial charge in [0, 0.05) is 29.2 Å². The monoisotopic (exact) mass is 367 g/mol. The Bertz CT molecular complexity index is 1000. The van der Waals surface area contributed by atoms with Gasteiger partial charge in [-0.1, -0.05) is 0 Å². The van der Waals surface area contributed by atoms with E-state index in [-0.39, 0.29) is 17.2 Å². The SMILES string of the molecule is CC(=O)c1ccc(Nc2ccnc(C(=O)Nc3ccc(F)cc3F)c2)cc1. The molecule has 136 valence electrons. The minimum atomic E-state index is -0.872. The number of hydrogen-bond donors (Lipinski definition) is 2. The Kier molecular flexibility index (Phi) is 5.21. The fourth-order valence-electron chi connectivity index (χ4n) is 2.36. The van der Waals surface area contributed by atoms with Crippen LogP contribution in [-0.4, -0.2) is 16.7 Å². The lowest BCUT2D eigenvalue weighted by molar-refractivity contribution is 0.101. The van der Waals surface area contributed by atoms with Gasteiger partial charge in [-0.15, -0.1) is 0 Å². The third kappa shape index (κ3) is 4.52. The van der Waals surface area contributed by atoms with Crippen molar-refractivity contribution in [2.24, 2.45) is 0 Å². The molecule has 0 fully saturated rings. The summed E-state index contributed by atoms with van der Waals surface area (Å²) in [7, 11) is 0. The number of benzene rings is 2. The number of Topliss-reactive ketones (excluding diaryl/α,β-unsaturated/α-hetero) is 1. The van der Waals surface area contributed by atoms with Crippen LogP contribution < -0.4 is 10.6 Å². The molecule has 1 amide bonds. The van der Waals surface area contributed by atoms with E-state index in [1.165, 1.54) is 19.2 Å². The lowest BCUT2D eigenvalue weighted by Crippen LogP contribution is -2.15. The molecule has 0 bridgehead atoms. The van der Waals surface area contributed by atoms with Crippen LogP contribution in [0.1, 0.15) is 27.8 Å². The van der Waals surface area contributed by atoms with Crippen molar-refractivity contribution in [3.63, 3.8) is 0 Å². The molecule has 1 aromatic heterocycles. The molecule has 0 unspecified atom stereocenters. The van der Waals surface area contributed by atoms with E-state index in [0.717, 1.165) is 17.8 Å². The van der Waals surface area contributed by atoms with E-state index in [1.807, 2.05) is 0 Å². The molecule has 2 aromatic carbocycles. The Balaban J connectivity index is 1.74. The van der Waals surface area contributed by atoms with Crippen LogP contribution >= 0.6 is 0 Å². The zero-order valence-corrected chi connectivity index (χ0v) is 14.3. The van der Waals surface area contributed by atoms with Gasteiger partial charge in [-0.2, -0.15) is 0 Å². The van der Waals surface area contributed by atoms with Gasteiger partial charge in [0.25, 0.3) is 5.91 Å². The van der Waals surface area contributed by atoms with Gasteiger partial charge in [0.2, 0.25) is 0 Å². The first-order valence-electron chi connectivity index (χ1n) is 8.03. The predicted octanol–water partition coefficient (Wildman–Crippen LogP) is 4.56. The van der Waals surface area contributed by atoms with E-state index in [0.29, 0.717) is 17.3 Å². The lowest BCUT2D eigenvalue weighted by Gasteiger charge is -2.09. The van der Waals surface area contributed by atoms with E-state index >= 15 is 0 Å². The zero-order chi connectivity index (χ0) is 19.4. The smallest absolute Gasteiger partial charge is 0.274 e. The molecule has 0 radical (unpaired) electrons. The maximum atomic E-state index is 13.7. The van der Waals surface area contributed by atoms with Gasteiger partial charge in [0.05, 0.1) is 5.69 Å². The molecule has 0 saturated heterocycles. The van der Waals surface area contributed by atoms with Crippen LogP contribution in [0.4, 0.5) is 25.8 Å². The molecule has 0 aliphatic heterocycles. The molecule has 0 spiro atoms. The topological polar surface area (TPSA) is 71.1 Å². The van der Waals surface area contributed by atoms with Gasteiger partial charge in [-0.05, 0) is 55.5 Å². The first-order valence-corrected chi connectivity index (χ1v) is 8.03. The number of ketones is 1. The Hall–Kier alpha value is -3.61. The molecule has 0 saturated carbocycles. The van der Waals surface area contributed by atoms with Crippen molar-refractivity contribution in [2.75, 3.05) is 10.6 Å². The highest BCUT2D eigenvalue weighted by molar-refractivity contribution is 6.03. The van der Waals surface area contributed by atoms with Crippen LogP contribution in [0.25, 0.3) is 0 Å². The second kappa shape index (κ2) is 7.74. The summed E-state index contributed by atoms with van der Waals surface area (Å²) >= 11 is 0. The van der Waals surface area contributed by atoms with E-state index in [1.54, 1.807) is 30.3 Å². The number of amides is 1. The van der Waals surface area contributed by atoms with Crippen LogP contribution in [0.5, 0.6) is 0 Å². The summed E-state index contributed by atoms with van der Waals surface area (Å²) in [6.07, 6.45) is 1.43. The highest BCUT2D eigenvalue weighted by Gasteiger charge is 2.12. The van der Waals surface area contributed by atoms with Crippen molar-refractivity contribution in [1.29, 1.82) is 0 Å². The summed E-state index contributed by atoms with van der Waals surface area (Å²) in [6.45, 7) is 1.49. The van der Waals surface area contributed by atoms with Gasteiger partial charge in [0.15, 0.2) is 5.78 Å². The summed E-state index contributed by atoms with van der Waals surface area (Å²) in [5.74, 6) is -2.26. The molecule has 3 aromatic rings. The summed E-state index contributed by atoms with van der Waals surface area (Å²) in [4.78, 5) is 27.6. The lowest BCUT2D eigenvalue weighted by atomic mass is 10.1. The van der Waals surface area contributed by atoms with Crippen LogP contribution in [0.2, 0.25) is 0 Å². The number of carbonyl (C=O) groups is 2. The minimum absolute atomic E-state index is 0.0301. The Morgan fingerprint density at radius 2 is 1.67 bits per heavy atom. The second-order valence-corrected chi connectivity index (χ2v) is 5.77. The van der Waals surface area contributed by atoms with Crippen molar-refractivity contribution in [3.8, 4) is 0 Å². The number of nitrogens with one attached hydrogen (secondary N) is 2. The first kappa shape index (κ1) is 18.2. The van der Waals surface area contributed by atoms with Crippen LogP contribution in [-0.2, 0) is 0 Å². The number of hydrogen-bond acceptors (Lipinski definition) is 4. The number of carbonyl (C=O) groups excluding carboxylic acids is 2. The van der Waals surface area contributed by atoms with Gasteiger partial charge >= 0.3 is 0 Å². The normalized spacial score (nSPS) is 10.3. The highest BCUT2D eigenvalue weighted by atomic mass is 19.1. The zero-order valence-electron chi connectivity index (χ0n) is 14.3. The molecule has 2 N–H and O–H groups in total. The number of pyridine rings is 1. The third-order valence-electron chi connectivity index (χ3n) is 3.75. The van der Waals surface area contributed by atoms with Gasteiger partial charge in [-0.3, -0.25) is 14.6 Å². The molecule has 0 atom stereocenters. The summed E-state index contributed by atoms with van der Waals surface area (Å²) in [6, 6.07) is 12.9. The molecule has 1 heterocycles. The van der Waals surface area contributed by atoms with E-state index in [9.17, 15) is 18.4 Å². The molecular weight excluding hydrogens is 352 g/mol. The van der Waals surface area contributed by atoms with Crippen molar-refractivity contribution in [1.82, 2.24) is 4.98 Å². The number of halogens is 2. The maximum absolute atomic E-state index is 13.7. The first-order chi connectivity index (χ1) is 12.9. The minimum Gasteiger partial charge on any atom is -0.355 e. The Morgan fingerprint density at radius 3 is 2.33 bits per heavy atom. The van der Waals surface area contributed by atoms with E-state index in [4.69, 9.17) is 0 Å². The number of aromatic nitrogens is 1. The van der Waals surface area contributed by atoms with Gasteiger partial charge in [-0.25, -0.2) is 8.78 Å². The largest absolute Gasteiger partial charge is 0.355 e. The van der Waals surface area contributed by atoms with Crippen molar-refractivity contribution in [3.05, 3.63) is 83.7 Å². The van der Waals surface area contributed by atoms with E-state index in [2.05, 4.69) is 15.6 Å². The maximum Gasteiger partial charge on any atom is 0.274 e. The standard InChI is InChI=1S/C20H15F2N3O2/c1-12(26)13-2-5-15(6-3-13)24-16-8-9-23-19(11-16)20(27)25-18-7-4-14(21)10-17(18)22/h2-11H,1H3,(H,23,24)(H,25,27). The quantitative estimate of drug-likeness (QED) is 0.649. The number of nitrogens with zero attached hydrogens (tertiary/aromatic N) is 1. The van der Waals surface area contributed by atoms with Gasteiger partial charge < -0.3 is 10.6 Å². The highest BCUT2D eigenvalue weighted by Crippen LogP contribution is 2.19. The summed E-state index contributed by atoms with van der Waals surface area (Å²) in [5, 5.41) is 5.45. The van der Waals surface area contributed by atoms with E-state index < -0.39 is 17.5 Å². The summed E-state index contributed by atoms with van der Waals surface area (Å²) in [5.41, 5.74) is 1.83. The molecule has 3 rings (SSSR count). The van der Waals surface area contributed by atoms with Crippen LogP contribution in [0.3, 0.4) is 0 Å². The molecule has 7 heteroatoms. The fourth-order valence-corrected chi connectivity index (χ4v) is 2.36. The summed E-state index contributed by atoms with van der Waals surface area (Å²) < 4.78 is 26.6. The molecule has 5 nitrogen and oxygen atoms in total. The van der Waals surface area contributed by atoms with Crippen LogP contribution in [0.15, 0.2) is 60.8 Å². The Morgan fingerprint density at radius 1 is 0.926 bits per heavy atom. The predicted molar refractivity (Wildman–Crippen MR) is 98.3 cm³/mol. The molecule has 27 heavy (non-hydrogen) atoms. The number of anilines is 3. The average Bonchev–Trinajstić information content (AvgIpc) is 2.64. The average molecular weight is 367 g/mol. The third-order valence-corrected chi connectivity index (χ3v) is 3.75. The molecule has 0 aliphatic carbocycles.